The van der Waals surface area contributed by atoms with Crippen LogP contribution in [0.4, 0.5) is 5.69 Å². The van der Waals surface area contributed by atoms with Crippen LogP contribution in [0.25, 0.3) is 0 Å². The lowest BCUT2D eigenvalue weighted by Gasteiger charge is -2.32. The highest BCUT2D eigenvalue weighted by molar-refractivity contribution is 7.91. The fourth-order valence-electron chi connectivity index (χ4n) is 4.49. The number of anilines is 1. The second-order valence-electron chi connectivity index (χ2n) is 8.42. The van der Waals surface area contributed by atoms with Crippen molar-refractivity contribution in [3.8, 4) is 0 Å². The SMILES string of the molecule is CO[C@H]1CCN(c2ccc(C(=O)N3CCC(S(=O)(=O)Cc4ccccc4)CC3)cc2)C1. The van der Waals surface area contributed by atoms with Gasteiger partial charge < -0.3 is 14.5 Å². The van der Waals surface area contributed by atoms with E-state index in [2.05, 4.69) is 4.90 Å². The number of nitrogens with zero attached hydrogens (tertiary/aromatic N) is 2. The number of amides is 1. The maximum atomic E-state index is 12.9. The molecule has 2 aliphatic heterocycles. The van der Waals surface area contributed by atoms with Gasteiger partial charge in [0.1, 0.15) is 0 Å². The van der Waals surface area contributed by atoms with E-state index in [1.165, 1.54) is 0 Å². The molecule has 2 fully saturated rings. The smallest absolute Gasteiger partial charge is 0.253 e. The number of methoxy groups -OCH3 is 1. The summed E-state index contributed by atoms with van der Waals surface area (Å²) in [6.07, 6.45) is 2.26. The highest BCUT2D eigenvalue weighted by Gasteiger charge is 2.32. The fourth-order valence-corrected chi connectivity index (χ4v) is 6.32. The van der Waals surface area contributed by atoms with E-state index in [0.717, 1.165) is 30.8 Å². The first kappa shape index (κ1) is 21.8. The van der Waals surface area contributed by atoms with Gasteiger partial charge in [0, 0.05) is 44.5 Å². The standard InChI is InChI=1S/C24H30N2O4S/c1-30-22-11-14-26(17-22)21-9-7-20(8-10-21)24(27)25-15-12-23(13-16-25)31(28,29)18-19-5-3-2-4-6-19/h2-10,22-23H,11-18H2,1H3/t22-/m0/s1. The molecule has 166 valence electrons. The lowest BCUT2D eigenvalue weighted by atomic mass is 10.1. The molecule has 0 aliphatic carbocycles. The molecular weight excluding hydrogens is 412 g/mol. The largest absolute Gasteiger partial charge is 0.380 e. The number of carbonyl (C=O) groups excluding carboxylic acids is 1. The molecule has 0 N–H and O–H groups in total. The quantitative estimate of drug-likeness (QED) is 0.688. The lowest BCUT2D eigenvalue weighted by molar-refractivity contribution is 0.0725. The molecule has 2 saturated heterocycles. The van der Waals surface area contributed by atoms with Crippen LogP contribution in [0.5, 0.6) is 0 Å². The molecule has 0 unspecified atom stereocenters. The van der Waals surface area contributed by atoms with Crippen molar-refractivity contribution in [2.45, 2.75) is 36.4 Å². The van der Waals surface area contributed by atoms with Gasteiger partial charge in [-0.05, 0) is 49.1 Å². The van der Waals surface area contributed by atoms with E-state index in [4.69, 9.17) is 4.74 Å². The van der Waals surface area contributed by atoms with Crippen LogP contribution in [-0.4, -0.2) is 63.9 Å². The van der Waals surface area contributed by atoms with Gasteiger partial charge >= 0.3 is 0 Å². The topological polar surface area (TPSA) is 66.9 Å². The Morgan fingerprint density at radius 1 is 0.968 bits per heavy atom. The molecule has 0 radical (unpaired) electrons. The second-order valence-corrected chi connectivity index (χ2v) is 10.7. The molecule has 0 saturated carbocycles. The number of sulfone groups is 1. The van der Waals surface area contributed by atoms with E-state index in [1.807, 2.05) is 54.6 Å². The van der Waals surface area contributed by atoms with Crippen molar-refractivity contribution >= 4 is 21.4 Å². The molecule has 2 aliphatic rings. The summed E-state index contributed by atoms with van der Waals surface area (Å²) in [6.45, 7) is 2.77. The third-order valence-electron chi connectivity index (χ3n) is 6.41. The van der Waals surface area contributed by atoms with Crippen LogP contribution >= 0.6 is 0 Å². The van der Waals surface area contributed by atoms with Gasteiger partial charge in [0.15, 0.2) is 9.84 Å². The van der Waals surface area contributed by atoms with E-state index >= 15 is 0 Å². The predicted molar refractivity (Wildman–Crippen MR) is 122 cm³/mol. The van der Waals surface area contributed by atoms with Gasteiger partial charge in [-0.15, -0.1) is 0 Å². The summed E-state index contributed by atoms with van der Waals surface area (Å²) in [4.78, 5) is 17.0. The predicted octanol–water partition coefficient (Wildman–Crippen LogP) is 3.13. The number of ether oxygens (including phenoxy) is 1. The Hall–Kier alpha value is -2.38. The Morgan fingerprint density at radius 2 is 1.65 bits per heavy atom. The van der Waals surface area contributed by atoms with Gasteiger partial charge in [-0.1, -0.05) is 30.3 Å². The lowest BCUT2D eigenvalue weighted by Crippen LogP contribution is -2.42. The van der Waals surface area contributed by atoms with Crippen molar-refractivity contribution in [2.75, 3.05) is 38.2 Å². The summed E-state index contributed by atoms with van der Waals surface area (Å²) >= 11 is 0. The van der Waals surface area contributed by atoms with Crippen LogP contribution in [0.1, 0.15) is 35.2 Å². The maximum Gasteiger partial charge on any atom is 0.253 e. The molecule has 1 atom stereocenters. The first-order valence-corrected chi connectivity index (χ1v) is 12.6. The highest BCUT2D eigenvalue weighted by atomic mass is 32.2. The van der Waals surface area contributed by atoms with Gasteiger partial charge in [-0.2, -0.15) is 0 Å². The van der Waals surface area contributed by atoms with Crippen molar-refractivity contribution in [1.29, 1.82) is 0 Å². The number of likely N-dealkylation sites (tertiary alicyclic amines) is 1. The first-order valence-electron chi connectivity index (χ1n) is 10.9. The number of piperidine rings is 1. The zero-order valence-electron chi connectivity index (χ0n) is 17.9. The maximum absolute atomic E-state index is 12.9. The third kappa shape index (κ3) is 5.10. The summed E-state index contributed by atoms with van der Waals surface area (Å²) in [5.74, 6) is 0.0376. The summed E-state index contributed by atoms with van der Waals surface area (Å²) in [7, 11) is -1.48. The molecule has 0 bridgehead atoms. The van der Waals surface area contributed by atoms with Crippen molar-refractivity contribution in [3.05, 3.63) is 65.7 Å². The monoisotopic (exact) mass is 442 g/mol. The van der Waals surface area contributed by atoms with Crippen LogP contribution in [0.2, 0.25) is 0 Å². The molecule has 1 amide bonds. The van der Waals surface area contributed by atoms with Crippen LogP contribution in [-0.2, 0) is 20.3 Å². The van der Waals surface area contributed by atoms with Crippen LogP contribution in [0, 0.1) is 0 Å². The molecule has 0 aromatic heterocycles. The Morgan fingerprint density at radius 3 is 2.26 bits per heavy atom. The average Bonchev–Trinajstić information content (AvgIpc) is 3.29. The van der Waals surface area contributed by atoms with Crippen LogP contribution in [0.3, 0.4) is 0 Å². The van der Waals surface area contributed by atoms with Crippen molar-refractivity contribution in [1.82, 2.24) is 4.90 Å². The molecule has 7 heteroatoms. The Kier molecular flexibility index (Phi) is 6.62. The molecule has 2 heterocycles. The summed E-state index contributed by atoms with van der Waals surface area (Å²) < 4.78 is 31.0. The minimum atomic E-state index is -3.23. The van der Waals surface area contributed by atoms with Gasteiger partial charge in [0.25, 0.3) is 5.91 Å². The second kappa shape index (κ2) is 9.40. The molecule has 2 aromatic carbocycles. The number of hydrogen-bond donors (Lipinski definition) is 0. The van der Waals surface area contributed by atoms with Crippen LogP contribution in [0.15, 0.2) is 54.6 Å². The minimum Gasteiger partial charge on any atom is -0.380 e. The molecule has 6 nitrogen and oxygen atoms in total. The van der Waals surface area contributed by atoms with Gasteiger partial charge in [0.2, 0.25) is 0 Å². The van der Waals surface area contributed by atoms with Crippen molar-refractivity contribution in [2.24, 2.45) is 0 Å². The Bertz CT molecular complexity index is 984. The van der Waals surface area contributed by atoms with E-state index in [0.29, 0.717) is 31.5 Å². The van der Waals surface area contributed by atoms with E-state index in [9.17, 15) is 13.2 Å². The summed E-state index contributed by atoms with van der Waals surface area (Å²) in [5.41, 5.74) is 2.56. The summed E-state index contributed by atoms with van der Waals surface area (Å²) in [6, 6.07) is 17.0. The average molecular weight is 443 g/mol. The van der Waals surface area contributed by atoms with E-state index in [-0.39, 0.29) is 23.0 Å². The van der Waals surface area contributed by atoms with Crippen LogP contribution < -0.4 is 4.90 Å². The summed E-state index contributed by atoms with van der Waals surface area (Å²) in [5, 5.41) is -0.386. The van der Waals surface area contributed by atoms with E-state index in [1.54, 1.807) is 12.0 Å². The fraction of sp³-hybridized carbons (Fsp3) is 0.458. The van der Waals surface area contributed by atoms with E-state index < -0.39 is 9.84 Å². The van der Waals surface area contributed by atoms with Gasteiger partial charge in [-0.25, -0.2) is 8.42 Å². The molecule has 4 rings (SSSR count). The van der Waals surface area contributed by atoms with Crippen molar-refractivity contribution < 1.29 is 17.9 Å². The zero-order valence-corrected chi connectivity index (χ0v) is 18.8. The number of carbonyl (C=O) groups is 1. The molecular formula is C24H30N2O4S. The Labute approximate surface area is 184 Å². The number of rotatable bonds is 6. The zero-order chi connectivity index (χ0) is 21.8. The third-order valence-corrected chi connectivity index (χ3v) is 8.63. The highest BCUT2D eigenvalue weighted by Crippen LogP contribution is 2.25. The molecule has 0 spiro atoms. The number of hydrogen-bond acceptors (Lipinski definition) is 5. The van der Waals surface area contributed by atoms with Gasteiger partial charge in [0.05, 0.1) is 17.1 Å². The molecule has 31 heavy (non-hydrogen) atoms. The number of benzene rings is 2. The Balaban J connectivity index is 1.33. The first-order chi connectivity index (χ1) is 15.0. The molecule has 2 aromatic rings. The van der Waals surface area contributed by atoms with Crippen molar-refractivity contribution in [3.63, 3.8) is 0 Å². The van der Waals surface area contributed by atoms with Gasteiger partial charge in [-0.3, -0.25) is 4.79 Å². The normalized spacial score (nSPS) is 20.2. The minimum absolute atomic E-state index is 0.0263.